The van der Waals surface area contributed by atoms with Crippen LogP contribution in [0.25, 0.3) is 0 Å². The predicted octanol–water partition coefficient (Wildman–Crippen LogP) is 4.86. The number of imide groups is 1. The average molecular weight is 433 g/mol. The highest BCUT2D eigenvalue weighted by Crippen LogP contribution is 2.30. The number of carbonyl (C=O) groups is 2. The molecule has 5 heteroatoms. The second kappa shape index (κ2) is 10.5. The van der Waals surface area contributed by atoms with E-state index in [0.717, 1.165) is 0 Å². The lowest BCUT2D eigenvalue weighted by atomic mass is 9.87. The SMILES string of the molecule is C#CC[C@H]1C(=O)N(C(=O)OC(C)(C)C)CC[C@@H]1N(Cc1ccccc1)Cc1ccccc1. The molecule has 1 aliphatic rings. The summed E-state index contributed by atoms with van der Waals surface area (Å²) >= 11 is 0. The zero-order valence-electron chi connectivity index (χ0n) is 19.2. The van der Waals surface area contributed by atoms with Gasteiger partial charge in [-0.05, 0) is 38.3 Å². The Kier molecular flexibility index (Phi) is 7.71. The number of benzene rings is 2. The first-order valence-corrected chi connectivity index (χ1v) is 11.1. The number of nitrogens with zero attached hydrogens (tertiary/aromatic N) is 2. The number of hydrogen-bond donors (Lipinski definition) is 0. The number of terminal acetylenes is 1. The molecule has 32 heavy (non-hydrogen) atoms. The summed E-state index contributed by atoms with van der Waals surface area (Å²) in [6.45, 7) is 7.09. The van der Waals surface area contributed by atoms with Crippen LogP contribution in [0.1, 0.15) is 44.7 Å². The Labute approximate surface area is 191 Å². The van der Waals surface area contributed by atoms with Crippen LogP contribution in [-0.4, -0.2) is 40.0 Å². The molecule has 2 amide bonds. The zero-order chi connectivity index (χ0) is 23.1. The molecule has 168 valence electrons. The first-order chi connectivity index (χ1) is 15.3. The Morgan fingerprint density at radius 3 is 2.06 bits per heavy atom. The van der Waals surface area contributed by atoms with Gasteiger partial charge in [-0.25, -0.2) is 9.69 Å². The van der Waals surface area contributed by atoms with Gasteiger partial charge in [-0.15, -0.1) is 12.3 Å². The minimum absolute atomic E-state index is 0.0716. The summed E-state index contributed by atoms with van der Waals surface area (Å²) in [5.41, 5.74) is 1.68. The Morgan fingerprint density at radius 1 is 1.06 bits per heavy atom. The van der Waals surface area contributed by atoms with Crippen molar-refractivity contribution in [2.24, 2.45) is 5.92 Å². The first-order valence-electron chi connectivity index (χ1n) is 11.1. The molecule has 1 saturated heterocycles. The lowest BCUT2D eigenvalue weighted by molar-refractivity contribution is -0.141. The predicted molar refractivity (Wildman–Crippen MR) is 125 cm³/mol. The van der Waals surface area contributed by atoms with Crippen molar-refractivity contribution in [1.82, 2.24) is 9.80 Å². The lowest BCUT2D eigenvalue weighted by Crippen LogP contribution is -2.56. The van der Waals surface area contributed by atoms with Crippen LogP contribution in [0.15, 0.2) is 60.7 Å². The van der Waals surface area contributed by atoms with Crippen molar-refractivity contribution in [2.75, 3.05) is 6.54 Å². The molecule has 1 aliphatic heterocycles. The third-order valence-electron chi connectivity index (χ3n) is 5.57. The van der Waals surface area contributed by atoms with E-state index in [9.17, 15) is 9.59 Å². The van der Waals surface area contributed by atoms with Crippen LogP contribution in [0.5, 0.6) is 0 Å². The summed E-state index contributed by atoms with van der Waals surface area (Å²) in [5.74, 6) is 1.95. The highest BCUT2D eigenvalue weighted by atomic mass is 16.6. The molecule has 2 atom stereocenters. The van der Waals surface area contributed by atoms with E-state index in [-0.39, 0.29) is 18.4 Å². The van der Waals surface area contributed by atoms with Gasteiger partial charge in [0.2, 0.25) is 5.91 Å². The molecule has 0 saturated carbocycles. The van der Waals surface area contributed by atoms with E-state index >= 15 is 0 Å². The van der Waals surface area contributed by atoms with Gasteiger partial charge in [-0.3, -0.25) is 9.69 Å². The van der Waals surface area contributed by atoms with Gasteiger partial charge in [0.15, 0.2) is 0 Å². The van der Waals surface area contributed by atoms with Gasteiger partial charge in [0.1, 0.15) is 5.60 Å². The van der Waals surface area contributed by atoms with Gasteiger partial charge in [-0.1, -0.05) is 60.7 Å². The fraction of sp³-hybridized carbons (Fsp3) is 0.407. The number of amides is 2. The van der Waals surface area contributed by atoms with Crippen LogP contribution in [0.3, 0.4) is 0 Å². The summed E-state index contributed by atoms with van der Waals surface area (Å²) < 4.78 is 5.46. The Bertz CT molecular complexity index is 903. The highest BCUT2D eigenvalue weighted by Gasteiger charge is 2.42. The molecule has 5 nitrogen and oxygen atoms in total. The van der Waals surface area contributed by atoms with Gasteiger partial charge in [-0.2, -0.15) is 0 Å². The van der Waals surface area contributed by atoms with Crippen molar-refractivity contribution >= 4 is 12.0 Å². The minimum Gasteiger partial charge on any atom is -0.443 e. The first kappa shape index (κ1) is 23.6. The maximum absolute atomic E-state index is 13.4. The molecule has 0 unspecified atom stereocenters. The fourth-order valence-electron chi connectivity index (χ4n) is 4.15. The van der Waals surface area contributed by atoms with Gasteiger partial charge in [0.05, 0.1) is 5.92 Å². The standard InChI is InChI=1S/C27H32N2O3/c1-5-12-23-24(17-18-29(25(23)30)26(31)32-27(2,3)4)28(19-21-13-8-6-9-14-21)20-22-15-10-7-11-16-22/h1,6-11,13-16,23-24H,12,17-20H2,2-4H3/t23-,24+/m1/s1. The number of ether oxygens (including phenoxy) is 1. The fourth-order valence-corrected chi connectivity index (χ4v) is 4.15. The number of likely N-dealkylation sites (tertiary alicyclic amines) is 1. The maximum atomic E-state index is 13.4. The molecule has 0 spiro atoms. The van der Waals surface area contributed by atoms with Crippen LogP contribution in [-0.2, 0) is 22.6 Å². The molecule has 3 rings (SSSR count). The molecule has 1 heterocycles. The van der Waals surface area contributed by atoms with Crippen LogP contribution < -0.4 is 0 Å². The zero-order valence-corrected chi connectivity index (χ0v) is 19.2. The number of hydrogen-bond acceptors (Lipinski definition) is 4. The molecule has 0 aromatic heterocycles. The van der Waals surface area contributed by atoms with Gasteiger partial charge in [0.25, 0.3) is 0 Å². The summed E-state index contributed by atoms with van der Waals surface area (Å²) in [4.78, 5) is 29.6. The molecular weight excluding hydrogens is 400 g/mol. The van der Waals surface area contributed by atoms with Gasteiger partial charge in [0, 0.05) is 32.1 Å². The van der Waals surface area contributed by atoms with Crippen molar-refractivity contribution < 1.29 is 14.3 Å². The monoisotopic (exact) mass is 432 g/mol. The third kappa shape index (κ3) is 6.21. The van der Waals surface area contributed by atoms with E-state index in [1.165, 1.54) is 16.0 Å². The molecule has 2 aromatic rings. The smallest absolute Gasteiger partial charge is 0.417 e. The van der Waals surface area contributed by atoms with Crippen LogP contribution in [0, 0.1) is 18.3 Å². The van der Waals surface area contributed by atoms with E-state index in [1.54, 1.807) is 20.8 Å². The topological polar surface area (TPSA) is 49.9 Å². The number of carbonyl (C=O) groups excluding carboxylic acids is 2. The summed E-state index contributed by atoms with van der Waals surface area (Å²) in [5, 5.41) is 0. The van der Waals surface area contributed by atoms with Crippen LogP contribution in [0.2, 0.25) is 0 Å². The second-order valence-electron chi connectivity index (χ2n) is 9.22. The third-order valence-corrected chi connectivity index (χ3v) is 5.57. The van der Waals surface area contributed by atoms with Gasteiger partial charge >= 0.3 is 6.09 Å². The van der Waals surface area contributed by atoms with E-state index in [0.29, 0.717) is 26.1 Å². The lowest BCUT2D eigenvalue weighted by Gasteiger charge is -2.42. The maximum Gasteiger partial charge on any atom is 0.417 e. The second-order valence-corrected chi connectivity index (χ2v) is 9.22. The summed E-state index contributed by atoms with van der Waals surface area (Å²) in [6.07, 6.45) is 5.99. The molecule has 1 fully saturated rings. The average Bonchev–Trinajstić information content (AvgIpc) is 2.75. The Balaban J connectivity index is 1.86. The van der Waals surface area contributed by atoms with E-state index in [1.807, 2.05) is 36.4 Å². The molecule has 0 bridgehead atoms. The molecule has 2 aromatic carbocycles. The quantitative estimate of drug-likeness (QED) is 0.612. The summed E-state index contributed by atoms with van der Waals surface area (Å²) in [7, 11) is 0. The van der Waals surface area contributed by atoms with E-state index in [2.05, 4.69) is 35.1 Å². The van der Waals surface area contributed by atoms with E-state index < -0.39 is 17.6 Å². The Morgan fingerprint density at radius 2 is 1.59 bits per heavy atom. The van der Waals surface area contributed by atoms with Crippen molar-refractivity contribution in [1.29, 1.82) is 0 Å². The Hall–Kier alpha value is -3.10. The van der Waals surface area contributed by atoms with Gasteiger partial charge < -0.3 is 4.74 Å². The molecule has 0 radical (unpaired) electrons. The van der Waals surface area contributed by atoms with Crippen LogP contribution in [0.4, 0.5) is 4.79 Å². The van der Waals surface area contributed by atoms with E-state index in [4.69, 9.17) is 11.2 Å². The van der Waals surface area contributed by atoms with Crippen molar-refractivity contribution in [2.45, 2.75) is 58.3 Å². The molecule has 0 N–H and O–H groups in total. The van der Waals surface area contributed by atoms with Crippen LogP contribution >= 0.6 is 0 Å². The van der Waals surface area contributed by atoms with Crippen molar-refractivity contribution in [3.05, 3.63) is 71.8 Å². The van der Waals surface area contributed by atoms with Crippen molar-refractivity contribution in [3.63, 3.8) is 0 Å². The normalized spacial score (nSPS) is 19.0. The summed E-state index contributed by atoms with van der Waals surface area (Å²) in [6, 6.07) is 20.4. The number of piperidine rings is 1. The molecular formula is C27H32N2O3. The molecule has 0 aliphatic carbocycles. The number of rotatable bonds is 6. The minimum atomic E-state index is -0.664. The largest absolute Gasteiger partial charge is 0.443 e. The van der Waals surface area contributed by atoms with Crippen molar-refractivity contribution in [3.8, 4) is 12.3 Å². The highest BCUT2D eigenvalue weighted by molar-refractivity contribution is 5.94.